The molecule has 0 saturated carbocycles. The van der Waals surface area contributed by atoms with Crippen LogP contribution in [0.1, 0.15) is 5.56 Å². The first-order valence-corrected chi connectivity index (χ1v) is 6.91. The van der Waals surface area contributed by atoms with Gasteiger partial charge in [-0.15, -0.1) is 0 Å². The normalized spacial score (nSPS) is 11.1. The van der Waals surface area contributed by atoms with Gasteiger partial charge in [0, 0.05) is 22.8 Å². The number of nitrogens with zero attached hydrogens (tertiary/aromatic N) is 3. The number of anilines is 1. The fourth-order valence-corrected chi connectivity index (χ4v) is 2.66. The van der Waals surface area contributed by atoms with Crippen LogP contribution in [0.4, 0.5) is 5.95 Å². The van der Waals surface area contributed by atoms with Gasteiger partial charge in [-0.3, -0.25) is 4.57 Å². The van der Waals surface area contributed by atoms with Gasteiger partial charge in [-0.2, -0.15) is 0 Å². The van der Waals surface area contributed by atoms with Gasteiger partial charge in [-0.05, 0) is 36.2 Å². The molecule has 0 aliphatic rings. The van der Waals surface area contributed by atoms with E-state index in [4.69, 9.17) is 28.9 Å². The Morgan fingerprint density at radius 1 is 1.20 bits per heavy atom. The molecule has 0 unspecified atom stereocenters. The van der Waals surface area contributed by atoms with Crippen LogP contribution in [0.25, 0.3) is 11.2 Å². The number of hydrogen-bond acceptors (Lipinski definition) is 3. The highest BCUT2D eigenvalue weighted by Gasteiger charge is 2.09. The number of halogens is 2. The van der Waals surface area contributed by atoms with Crippen molar-refractivity contribution in [3.63, 3.8) is 0 Å². The van der Waals surface area contributed by atoms with Gasteiger partial charge < -0.3 is 5.73 Å². The molecule has 2 aromatic heterocycles. The van der Waals surface area contributed by atoms with Gasteiger partial charge in [0.15, 0.2) is 5.65 Å². The van der Waals surface area contributed by atoms with Crippen LogP contribution >= 0.6 is 23.2 Å². The van der Waals surface area contributed by atoms with Crippen molar-refractivity contribution < 1.29 is 0 Å². The Balaban J connectivity index is 1.88. The summed E-state index contributed by atoms with van der Waals surface area (Å²) in [4.78, 5) is 8.60. The van der Waals surface area contributed by atoms with Crippen LogP contribution in [0, 0.1) is 0 Å². The number of aromatic nitrogens is 3. The Kier molecular flexibility index (Phi) is 3.51. The topological polar surface area (TPSA) is 56.7 Å². The minimum atomic E-state index is 0.462. The molecule has 0 radical (unpaired) electrons. The molecule has 102 valence electrons. The van der Waals surface area contributed by atoms with Gasteiger partial charge in [0.2, 0.25) is 5.95 Å². The van der Waals surface area contributed by atoms with E-state index in [0.717, 1.165) is 23.1 Å². The lowest BCUT2D eigenvalue weighted by Gasteiger charge is -2.07. The maximum atomic E-state index is 6.17. The highest BCUT2D eigenvalue weighted by Crippen LogP contribution is 2.23. The zero-order valence-corrected chi connectivity index (χ0v) is 12.1. The lowest BCUT2D eigenvalue weighted by Crippen LogP contribution is -2.06. The van der Waals surface area contributed by atoms with Gasteiger partial charge in [0.05, 0.1) is 0 Å². The van der Waals surface area contributed by atoms with E-state index in [1.54, 1.807) is 12.3 Å². The summed E-state index contributed by atoms with van der Waals surface area (Å²) in [6.07, 6.45) is 2.47. The van der Waals surface area contributed by atoms with E-state index in [9.17, 15) is 0 Å². The Bertz CT molecular complexity index is 767. The largest absolute Gasteiger partial charge is 0.369 e. The van der Waals surface area contributed by atoms with E-state index in [0.29, 0.717) is 22.5 Å². The molecule has 1 aromatic carbocycles. The molecule has 0 amide bonds. The highest BCUT2D eigenvalue weighted by atomic mass is 35.5. The zero-order valence-electron chi connectivity index (χ0n) is 10.6. The Hall–Kier alpha value is -1.78. The first-order valence-electron chi connectivity index (χ1n) is 6.16. The number of fused-ring (bicyclic) bond motifs is 1. The van der Waals surface area contributed by atoms with Gasteiger partial charge in [-0.1, -0.05) is 29.3 Å². The molecule has 0 spiro atoms. The van der Waals surface area contributed by atoms with Gasteiger partial charge >= 0.3 is 0 Å². The zero-order chi connectivity index (χ0) is 14.1. The van der Waals surface area contributed by atoms with E-state index in [2.05, 4.69) is 9.97 Å². The third-order valence-electron chi connectivity index (χ3n) is 3.15. The van der Waals surface area contributed by atoms with Crippen LogP contribution in [0.3, 0.4) is 0 Å². The van der Waals surface area contributed by atoms with Gasteiger partial charge in [0.25, 0.3) is 0 Å². The van der Waals surface area contributed by atoms with E-state index < -0.39 is 0 Å². The molecule has 6 heteroatoms. The molecule has 0 fully saturated rings. The van der Waals surface area contributed by atoms with E-state index >= 15 is 0 Å². The third kappa shape index (κ3) is 2.44. The minimum Gasteiger partial charge on any atom is -0.369 e. The number of imidazole rings is 1. The van der Waals surface area contributed by atoms with Gasteiger partial charge in [0.1, 0.15) is 5.52 Å². The molecule has 2 heterocycles. The van der Waals surface area contributed by atoms with E-state index in [-0.39, 0.29) is 0 Å². The third-order valence-corrected chi connectivity index (χ3v) is 3.74. The number of benzene rings is 1. The van der Waals surface area contributed by atoms with Crippen molar-refractivity contribution in [1.82, 2.24) is 14.5 Å². The number of nitrogens with two attached hydrogens (primary N) is 1. The molecule has 0 saturated heterocycles. The van der Waals surface area contributed by atoms with Crippen molar-refractivity contribution >= 4 is 40.3 Å². The molecule has 0 aliphatic heterocycles. The first-order chi connectivity index (χ1) is 9.65. The van der Waals surface area contributed by atoms with Crippen molar-refractivity contribution in [3.8, 4) is 0 Å². The average Bonchev–Trinajstić information content (AvgIpc) is 2.74. The summed E-state index contributed by atoms with van der Waals surface area (Å²) in [5.41, 5.74) is 8.54. The maximum absolute atomic E-state index is 6.17. The highest BCUT2D eigenvalue weighted by molar-refractivity contribution is 6.35. The average molecular weight is 307 g/mol. The van der Waals surface area contributed by atoms with Crippen molar-refractivity contribution in [2.75, 3.05) is 5.73 Å². The molecule has 4 nitrogen and oxygen atoms in total. The molecule has 3 aromatic rings. The SMILES string of the molecule is Nc1nc2cccnc2n1CCc1ccc(Cl)cc1Cl. The lowest BCUT2D eigenvalue weighted by atomic mass is 10.1. The van der Waals surface area contributed by atoms with Crippen LogP contribution in [0.5, 0.6) is 0 Å². The quantitative estimate of drug-likeness (QED) is 0.805. The molecular formula is C14H12Cl2N4. The number of nitrogen functional groups attached to an aromatic ring is 1. The molecular weight excluding hydrogens is 295 g/mol. The predicted octanol–water partition coefficient (Wildman–Crippen LogP) is 3.56. The van der Waals surface area contributed by atoms with Crippen LogP contribution in [0.15, 0.2) is 36.5 Å². The summed E-state index contributed by atoms with van der Waals surface area (Å²) >= 11 is 12.1. The van der Waals surface area contributed by atoms with Crippen molar-refractivity contribution in [3.05, 3.63) is 52.1 Å². The molecule has 3 rings (SSSR count). The number of aryl methyl sites for hydroxylation is 2. The fourth-order valence-electron chi connectivity index (χ4n) is 2.15. The lowest BCUT2D eigenvalue weighted by molar-refractivity contribution is 0.720. The maximum Gasteiger partial charge on any atom is 0.202 e. The predicted molar refractivity (Wildman–Crippen MR) is 82.1 cm³/mol. The summed E-state index contributed by atoms with van der Waals surface area (Å²) in [6.45, 7) is 0.667. The molecule has 20 heavy (non-hydrogen) atoms. The van der Waals surface area contributed by atoms with Crippen LogP contribution in [-0.2, 0) is 13.0 Å². The number of hydrogen-bond donors (Lipinski definition) is 1. The standard InChI is InChI=1S/C14H12Cl2N4/c15-10-4-3-9(11(16)8-10)5-7-20-13-12(19-14(20)17)2-1-6-18-13/h1-4,6,8H,5,7H2,(H2,17,19). The van der Waals surface area contributed by atoms with Crippen molar-refractivity contribution in [2.24, 2.45) is 0 Å². The summed E-state index contributed by atoms with van der Waals surface area (Å²) in [5.74, 6) is 0.462. The second kappa shape index (κ2) is 5.31. The minimum absolute atomic E-state index is 0.462. The Morgan fingerprint density at radius 2 is 2.05 bits per heavy atom. The first kappa shape index (κ1) is 13.2. The van der Waals surface area contributed by atoms with Gasteiger partial charge in [-0.25, -0.2) is 9.97 Å². The Labute approximate surface area is 126 Å². The number of rotatable bonds is 3. The van der Waals surface area contributed by atoms with E-state index in [1.807, 2.05) is 28.8 Å². The van der Waals surface area contributed by atoms with Crippen LogP contribution in [-0.4, -0.2) is 14.5 Å². The van der Waals surface area contributed by atoms with Crippen molar-refractivity contribution in [1.29, 1.82) is 0 Å². The van der Waals surface area contributed by atoms with E-state index in [1.165, 1.54) is 0 Å². The molecule has 0 bridgehead atoms. The number of pyridine rings is 1. The monoisotopic (exact) mass is 306 g/mol. The summed E-state index contributed by atoms with van der Waals surface area (Å²) < 4.78 is 1.89. The molecule has 0 aliphatic carbocycles. The van der Waals surface area contributed by atoms with Crippen LogP contribution in [0.2, 0.25) is 10.0 Å². The summed E-state index contributed by atoms with van der Waals surface area (Å²) in [7, 11) is 0. The summed E-state index contributed by atoms with van der Waals surface area (Å²) in [5, 5.41) is 1.29. The second-order valence-corrected chi connectivity index (χ2v) is 5.30. The second-order valence-electron chi connectivity index (χ2n) is 4.45. The smallest absolute Gasteiger partial charge is 0.202 e. The Morgan fingerprint density at radius 3 is 2.85 bits per heavy atom. The molecule has 0 atom stereocenters. The fraction of sp³-hybridized carbons (Fsp3) is 0.143. The summed E-state index contributed by atoms with van der Waals surface area (Å²) in [6, 6.07) is 9.23. The van der Waals surface area contributed by atoms with Crippen molar-refractivity contribution in [2.45, 2.75) is 13.0 Å². The van der Waals surface area contributed by atoms with Crippen LogP contribution < -0.4 is 5.73 Å². The molecule has 2 N–H and O–H groups in total.